The second-order valence-corrected chi connectivity index (χ2v) is 7.53. The molecule has 1 amide bonds. The van der Waals surface area contributed by atoms with Crippen LogP contribution in [-0.4, -0.2) is 12.5 Å². The van der Waals surface area contributed by atoms with Crippen molar-refractivity contribution in [2.45, 2.75) is 38.3 Å². The molecule has 1 aliphatic rings. The Kier molecular flexibility index (Phi) is 4.98. The second-order valence-electron chi connectivity index (χ2n) is 7.53. The summed E-state index contributed by atoms with van der Waals surface area (Å²) in [5.74, 6) is -0.509. The molecule has 0 aliphatic heterocycles. The summed E-state index contributed by atoms with van der Waals surface area (Å²) in [6.45, 7) is 4.48. The number of carbonyl (C=O) groups is 1. The number of ether oxygens (including phenoxy) is 1. The van der Waals surface area contributed by atoms with Crippen molar-refractivity contribution in [2.75, 3.05) is 11.9 Å². The van der Waals surface area contributed by atoms with Crippen molar-refractivity contribution >= 4 is 22.6 Å². The van der Waals surface area contributed by atoms with E-state index in [0.29, 0.717) is 23.3 Å². The third-order valence-corrected chi connectivity index (χ3v) is 5.39. The average Bonchev–Trinajstić information content (AvgIpc) is 3.46. The molecule has 6 nitrogen and oxygen atoms in total. The van der Waals surface area contributed by atoms with E-state index in [1.54, 1.807) is 24.3 Å². The van der Waals surface area contributed by atoms with Gasteiger partial charge < -0.3 is 20.2 Å². The van der Waals surface area contributed by atoms with Crippen LogP contribution < -0.4 is 16.7 Å². The molecule has 1 saturated carbocycles. The molecule has 2 aromatic carbocycles. The van der Waals surface area contributed by atoms with Crippen LogP contribution in [0.15, 0.2) is 57.7 Å². The summed E-state index contributed by atoms with van der Waals surface area (Å²) in [6, 6.07) is 14.4. The maximum atomic E-state index is 12.7. The van der Waals surface area contributed by atoms with Crippen LogP contribution in [0.5, 0.6) is 0 Å². The highest BCUT2D eigenvalue weighted by Crippen LogP contribution is 2.42. The molecule has 6 heteroatoms. The summed E-state index contributed by atoms with van der Waals surface area (Å²) in [4.78, 5) is 25.0. The van der Waals surface area contributed by atoms with Crippen LogP contribution >= 0.6 is 0 Å². The number of hydrogen-bond acceptors (Lipinski definition) is 5. The third-order valence-electron chi connectivity index (χ3n) is 5.39. The number of hydrogen-bond donors (Lipinski definition) is 2. The van der Waals surface area contributed by atoms with Crippen LogP contribution in [0.2, 0.25) is 0 Å². The van der Waals surface area contributed by atoms with E-state index in [-0.39, 0.29) is 17.2 Å². The summed E-state index contributed by atoms with van der Waals surface area (Å²) >= 11 is 0. The molecule has 3 aromatic rings. The van der Waals surface area contributed by atoms with Gasteiger partial charge in [0.25, 0.3) is 5.91 Å². The zero-order valence-corrected chi connectivity index (χ0v) is 16.5. The molecule has 1 heterocycles. The van der Waals surface area contributed by atoms with E-state index < -0.39 is 11.5 Å². The Morgan fingerprint density at radius 2 is 1.93 bits per heavy atom. The average molecular weight is 392 g/mol. The quantitative estimate of drug-likeness (QED) is 0.616. The lowest BCUT2D eigenvalue weighted by Gasteiger charge is -2.13. The van der Waals surface area contributed by atoms with E-state index >= 15 is 0 Å². The van der Waals surface area contributed by atoms with Crippen molar-refractivity contribution in [3.63, 3.8) is 0 Å². The first-order valence-electron chi connectivity index (χ1n) is 9.80. The zero-order chi connectivity index (χ0) is 20.6. The minimum atomic E-state index is -0.670. The molecule has 4 rings (SSSR count). The Morgan fingerprint density at radius 1 is 1.21 bits per heavy atom. The van der Waals surface area contributed by atoms with E-state index in [1.807, 2.05) is 38.1 Å². The van der Waals surface area contributed by atoms with Crippen molar-refractivity contribution < 1.29 is 13.9 Å². The lowest BCUT2D eigenvalue weighted by Crippen LogP contribution is -2.21. The number of anilines is 1. The Hall–Kier alpha value is -2.96. The first kappa shape index (κ1) is 19.4. The number of fused-ring (bicyclic) bond motifs is 1. The first-order valence-corrected chi connectivity index (χ1v) is 9.80. The number of amides is 1. The van der Waals surface area contributed by atoms with Gasteiger partial charge in [-0.1, -0.05) is 18.2 Å². The minimum Gasteiger partial charge on any atom is -0.422 e. The fraction of sp³-hybridized carbons (Fsp3) is 0.304. The van der Waals surface area contributed by atoms with E-state index in [0.717, 1.165) is 24.0 Å². The van der Waals surface area contributed by atoms with E-state index in [2.05, 4.69) is 5.32 Å². The molecule has 0 radical (unpaired) electrons. The number of benzene rings is 2. The van der Waals surface area contributed by atoms with Gasteiger partial charge in [-0.25, -0.2) is 4.79 Å². The third kappa shape index (κ3) is 3.95. The Labute approximate surface area is 168 Å². The Morgan fingerprint density at radius 3 is 2.59 bits per heavy atom. The molecule has 150 valence electrons. The fourth-order valence-electron chi connectivity index (χ4n) is 3.41. The first-order chi connectivity index (χ1) is 13.9. The smallest absolute Gasteiger partial charge is 0.349 e. The monoisotopic (exact) mass is 392 g/mol. The van der Waals surface area contributed by atoms with Crippen LogP contribution in [0, 0.1) is 0 Å². The number of nitrogens with one attached hydrogen (secondary N) is 1. The molecular weight excluding hydrogens is 368 g/mol. The number of carbonyl (C=O) groups excluding carboxylic acids is 1. The van der Waals surface area contributed by atoms with Crippen molar-refractivity contribution in [1.29, 1.82) is 0 Å². The van der Waals surface area contributed by atoms with E-state index in [4.69, 9.17) is 14.9 Å². The molecule has 1 fully saturated rings. The largest absolute Gasteiger partial charge is 0.422 e. The van der Waals surface area contributed by atoms with Gasteiger partial charge in [0, 0.05) is 23.2 Å². The van der Waals surface area contributed by atoms with Gasteiger partial charge in [-0.2, -0.15) is 0 Å². The summed E-state index contributed by atoms with van der Waals surface area (Å²) < 4.78 is 11.0. The Balaban J connectivity index is 1.59. The molecular formula is C23H24N2O4. The van der Waals surface area contributed by atoms with Gasteiger partial charge in [0.1, 0.15) is 11.1 Å². The highest BCUT2D eigenvalue weighted by atomic mass is 16.5. The van der Waals surface area contributed by atoms with E-state index in [9.17, 15) is 9.59 Å². The van der Waals surface area contributed by atoms with Gasteiger partial charge in [0.2, 0.25) is 0 Å². The minimum absolute atomic E-state index is 0.0414. The molecule has 1 atom stereocenters. The van der Waals surface area contributed by atoms with Gasteiger partial charge in [0.05, 0.1) is 6.10 Å². The highest BCUT2D eigenvalue weighted by molar-refractivity contribution is 6.05. The van der Waals surface area contributed by atoms with Gasteiger partial charge in [-0.05, 0) is 68.1 Å². The number of rotatable bonds is 6. The van der Waals surface area contributed by atoms with Gasteiger partial charge >= 0.3 is 5.63 Å². The highest BCUT2D eigenvalue weighted by Gasteiger charge is 2.39. The van der Waals surface area contributed by atoms with Crippen LogP contribution in [0.1, 0.15) is 54.3 Å². The predicted octanol–water partition coefficient (Wildman–Crippen LogP) is 4.09. The van der Waals surface area contributed by atoms with E-state index in [1.165, 1.54) is 0 Å². The van der Waals surface area contributed by atoms with Gasteiger partial charge in [-0.15, -0.1) is 0 Å². The van der Waals surface area contributed by atoms with Gasteiger partial charge in [0.15, 0.2) is 0 Å². The van der Waals surface area contributed by atoms with Crippen molar-refractivity contribution in [1.82, 2.24) is 0 Å². The lowest BCUT2D eigenvalue weighted by molar-refractivity contribution is 0.0765. The van der Waals surface area contributed by atoms with Crippen molar-refractivity contribution in [3.05, 3.63) is 75.6 Å². The summed E-state index contributed by atoms with van der Waals surface area (Å²) in [6.07, 6.45) is 1.85. The van der Waals surface area contributed by atoms with Crippen molar-refractivity contribution in [2.24, 2.45) is 5.73 Å². The summed E-state index contributed by atoms with van der Waals surface area (Å²) in [5.41, 5.74) is 8.28. The van der Waals surface area contributed by atoms with Crippen LogP contribution in [-0.2, 0) is 10.3 Å². The molecule has 0 bridgehead atoms. The van der Waals surface area contributed by atoms with Crippen molar-refractivity contribution in [3.8, 4) is 0 Å². The maximum absolute atomic E-state index is 12.7. The SMILES string of the molecule is CCOC(C)c1ccc2oc(=O)c(C(=O)Nc3ccc(C4(N)CC4)cc3)cc2c1. The lowest BCUT2D eigenvalue weighted by atomic mass is 10.1. The maximum Gasteiger partial charge on any atom is 0.349 e. The van der Waals surface area contributed by atoms with Crippen LogP contribution in [0.3, 0.4) is 0 Å². The zero-order valence-electron chi connectivity index (χ0n) is 16.5. The summed E-state index contributed by atoms with van der Waals surface area (Å²) in [5, 5.41) is 3.43. The van der Waals surface area contributed by atoms with Gasteiger partial charge in [-0.3, -0.25) is 4.79 Å². The molecule has 0 saturated heterocycles. The molecule has 3 N–H and O–H groups in total. The molecule has 1 aromatic heterocycles. The predicted molar refractivity (Wildman–Crippen MR) is 112 cm³/mol. The fourth-order valence-corrected chi connectivity index (χ4v) is 3.41. The molecule has 1 unspecified atom stereocenters. The molecule has 0 spiro atoms. The van der Waals surface area contributed by atoms with Crippen LogP contribution in [0.4, 0.5) is 5.69 Å². The summed E-state index contributed by atoms with van der Waals surface area (Å²) in [7, 11) is 0. The Bertz CT molecular complexity index is 1110. The standard InChI is InChI=1S/C23H24N2O4/c1-3-28-14(2)15-4-9-20-16(12-15)13-19(22(27)29-20)21(26)25-18-7-5-17(6-8-18)23(24)10-11-23/h4-9,12-14H,3,10-11,24H2,1-2H3,(H,25,26). The second kappa shape index (κ2) is 7.46. The normalized spacial score (nSPS) is 15.8. The molecule has 1 aliphatic carbocycles. The van der Waals surface area contributed by atoms with Crippen LogP contribution in [0.25, 0.3) is 11.0 Å². The topological polar surface area (TPSA) is 94.6 Å². The molecule has 29 heavy (non-hydrogen) atoms. The number of nitrogens with two attached hydrogens (primary N) is 1.